The molecule has 21 heavy (non-hydrogen) atoms. The molecule has 5 heteroatoms. The number of fused-ring (bicyclic) bond motifs is 1. The molecule has 1 atom stereocenters. The van der Waals surface area contributed by atoms with Crippen LogP contribution < -0.4 is 5.32 Å². The molecule has 0 fully saturated rings. The average molecular weight is 356 g/mol. The van der Waals surface area contributed by atoms with Crippen molar-refractivity contribution >= 4 is 21.6 Å². The minimum Gasteiger partial charge on any atom is -0.384 e. The first kappa shape index (κ1) is 14.4. The average Bonchev–Trinajstić information content (AvgIpc) is 2.38. The van der Waals surface area contributed by atoms with Crippen LogP contribution in [0.15, 0.2) is 46.9 Å². The minimum atomic E-state index is -4.35. The van der Waals surface area contributed by atoms with Gasteiger partial charge in [0.2, 0.25) is 0 Å². The van der Waals surface area contributed by atoms with Crippen molar-refractivity contribution in [3.63, 3.8) is 0 Å². The van der Waals surface area contributed by atoms with Gasteiger partial charge in [-0.25, -0.2) is 0 Å². The molecular formula is C16H13BrF3N. The van der Waals surface area contributed by atoms with Crippen LogP contribution in [0.4, 0.5) is 18.9 Å². The molecule has 0 spiro atoms. The second-order valence-electron chi connectivity index (χ2n) is 5.17. The molecule has 3 rings (SSSR count). The molecule has 1 aliphatic carbocycles. The summed E-state index contributed by atoms with van der Waals surface area (Å²) in [7, 11) is 0. The van der Waals surface area contributed by atoms with E-state index in [1.165, 1.54) is 23.3 Å². The van der Waals surface area contributed by atoms with Crippen LogP contribution in [0.1, 0.15) is 22.6 Å². The van der Waals surface area contributed by atoms with Crippen LogP contribution in [0.2, 0.25) is 0 Å². The zero-order valence-electron chi connectivity index (χ0n) is 11.0. The number of nitrogens with one attached hydrogen (secondary N) is 1. The highest BCUT2D eigenvalue weighted by Crippen LogP contribution is 2.38. The summed E-state index contributed by atoms with van der Waals surface area (Å²) < 4.78 is 39.6. The molecule has 0 bridgehead atoms. The Balaban J connectivity index is 1.76. The lowest BCUT2D eigenvalue weighted by Crippen LogP contribution is -2.25. The number of hydrogen-bond acceptors (Lipinski definition) is 1. The van der Waals surface area contributed by atoms with Crippen LogP contribution in [-0.4, -0.2) is 6.54 Å². The summed E-state index contributed by atoms with van der Waals surface area (Å²) in [5, 5.41) is 2.95. The van der Waals surface area contributed by atoms with Crippen LogP contribution in [0.5, 0.6) is 0 Å². The second kappa shape index (κ2) is 5.37. The van der Waals surface area contributed by atoms with Gasteiger partial charge in [-0.15, -0.1) is 0 Å². The van der Waals surface area contributed by atoms with Gasteiger partial charge in [-0.1, -0.05) is 40.2 Å². The van der Waals surface area contributed by atoms with E-state index in [-0.39, 0.29) is 11.6 Å². The molecule has 0 aromatic heterocycles. The zero-order valence-corrected chi connectivity index (χ0v) is 12.6. The van der Waals surface area contributed by atoms with Crippen LogP contribution in [0.25, 0.3) is 0 Å². The van der Waals surface area contributed by atoms with Crippen molar-refractivity contribution in [2.24, 2.45) is 0 Å². The first-order chi connectivity index (χ1) is 9.95. The Hall–Kier alpha value is -1.49. The van der Waals surface area contributed by atoms with Crippen LogP contribution >= 0.6 is 15.9 Å². The highest BCUT2D eigenvalue weighted by Gasteiger charge is 2.34. The summed E-state index contributed by atoms with van der Waals surface area (Å²) in [4.78, 5) is 0. The summed E-state index contributed by atoms with van der Waals surface area (Å²) in [6, 6.07) is 12.0. The van der Waals surface area contributed by atoms with E-state index in [4.69, 9.17) is 0 Å². The first-order valence-electron chi connectivity index (χ1n) is 6.63. The Bertz CT molecular complexity index is 667. The molecule has 0 saturated carbocycles. The van der Waals surface area contributed by atoms with Gasteiger partial charge in [-0.05, 0) is 35.7 Å². The van der Waals surface area contributed by atoms with E-state index >= 15 is 0 Å². The van der Waals surface area contributed by atoms with Crippen molar-refractivity contribution in [1.29, 1.82) is 0 Å². The van der Waals surface area contributed by atoms with Crippen molar-refractivity contribution in [3.05, 3.63) is 63.6 Å². The summed E-state index contributed by atoms with van der Waals surface area (Å²) in [6.45, 7) is 0.510. The van der Waals surface area contributed by atoms with Crippen molar-refractivity contribution in [2.45, 2.75) is 18.5 Å². The Labute approximate surface area is 129 Å². The molecule has 1 nitrogen and oxygen atoms in total. The molecule has 0 amide bonds. The monoisotopic (exact) mass is 355 g/mol. The predicted molar refractivity (Wildman–Crippen MR) is 80.5 cm³/mol. The van der Waals surface area contributed by atoms with E-state index in [1.807, 2.05) is 18.2 Å². The van der Waals surface area contributed by atoms with Crippen molar-refractivity contribution in [2.75, 3.05) is 11.9 Å². The summed E-state index contributed by atoms with van der Waals surface area (Å²) in [5.41, 5.74) is 2.02. The molecule has 1 N–H and O–H groups in total. The van der Waals surface area contributed by atoms with E-state index in [0.717, 1.165) is 12.5 Å². The maximum absolute atomic E-state index is 13.0. The Morgan fingerprint density at radius 1 is 1.14 bits per heavy atom. The van der Waals surface area contributed by atoms with Crippen molar-refractivity contribution < 1.29 is 13.2 Å². The van der Waals surface area contributed by atoms with Crippen LogP contribution in [0.3, 0.4) is 0 Å². The minimum absolute atomic E-state index is 0.126. The third-order valence-electron chi connectivity index (χ3n) is 3.79. The molecule has 0 saturated heterocycles. The largest absolute Gasteiger partial charge is 0.418 e. The lowest BCUT2D eigenvalue weighted by atomic mass is 9.77. The van der Waals surface area contributed by atoms with E-state index in [9.17, 15) is 13.2 Å². The summed E-state index contributed by atoms with van der Waals surface area (Å²) in [5.74, 6) is 0.279. The Morgan fingerprint density at radius 2 is 1.90 bits per heavy atom. The van der Waals surface area contributed by atoms with E-state index in [2.05, 4.69) is 27.3 Å². The van der Waals surface area contributed by atoms with Crippen LogP contribution in [-0.2, 0) is 12.6 Å². The summed E-state index contributed by atoms with van der Waals surface area (Å²) in [6.07, 6.45) is -3.43. The second-order valence-corrected chi connectivity index (χ2v) is 6.08. The maximum Gasteiger partial charge on any atom is 0.418 e. The maximum atomic E-state index is 13.0. The van der Waals surface area contributed by atoms with Crippen LogP contribution in [0, 0.1) is 0 Å². The van der Waals surface area contributed by atoms with Gasteiger partial charge in [-0.2, -0.15) is 13.2 Å². The molecule has 1 aliphatic rings. The number of anilines is 1. The van der Waals surface area contributed by atoms with Gasteiger partial charge in [0.1, 0.15) is 0 Å². The number of rotatable bonds is 3. The number of hydrogen-bond donors (Lipinski definition) is 1. The van der Waals surface area contributed by atoms with Gasteiger partial charge < -0.3 is 5.32 Å². The third-order valence-corrected chi connectivity index (χ3v) is 4.28. The molecule has 1 unspecified atom stereocenters. The fourth-order valence-corrected chi connectivity index (χ4v) is 3.05. The lowest BCUT2D eigenvalue weighted by molar-refractivity contribution is -0.137. The highest BCUT2D eigenvalue weighted by atomic mass is 79.9. The molecule has 0 heterocycles. The van der Waals surface area contributed by atoms with Crippen molar-refractivity contribution in [1.82, 2.24) is 0 Å². The highest BCUT2D eigenvalue weighted by molar-refractivity contribution is 9.10. The smallest absolute Gasteiger partial charge is 0.384 e. The SMILES string of the molecule is FC(F)(F)c1ccc(Br)cc1NCC1Cc2ccccc21. The molecule has 0 aliphatic heterocycles. The normalized spacial score (nSPS) is 17.0. The topological polar surface area (TPSA) is 12.0 Å². The molecule has 0 radical (unpaired) electrons. The predicted octanol–water partition coefficient (Wildman–Crippen LogP) is 5.22. The van der Waals surface area contributed by atoms with Gasteiger partial charge in [-0.3, -0.25) is 0 Å². The third kappa shape index (κ3) is 2.93. The van der Waals surface area contributed by atoms with E-state index in [0.29, 0.717) is 11.0 Å². The van der Waals surface area contributed by atoms with E-state index < -0.39 is 11.7 Å². The first-order valence-corrected chi connectivity index (χ1v) is 7.43. The Kier molecular flexibility index (Phi) is 3.69. The van der Waals surface area contributed by atoms with Gasteiger partial charge in [0.15, 0.2) is 0 Å². The Morgan fingerprint density at radius 3 is 2.62 bits per heavy atom. The number of halogens is 4. The number of benzene rings is 2. The van der Waals surface area contributed by atoms with Gasteiger partial charge in [0.05, 0.1) is 5.56 Å². The zero-order chi connectivity index (χ0) is 15.0. The standard InChI is InChI=1S/C16H13BrF3N/c17-12-5-6-14(16(18,19)20)15(8-12)21-9-11-7-10-3-1-2-4-13(10)11/h1-6,8,11,21H,7,9H2. The molecule has 110 valence electrons. The molecule has 2 aromatic rings. The van der Waals surface area contributed by atoms with Gasteiger partial charge in [0.25, 0.3) is 0 Å². The molecular weight excluding hydrogens is 343 g/mol. The fourth-order valence-electron chi connectivity index (χ4n) is 2.69. The van der Waals surface area contributed by atoms with Gasteiger partial charge in [0, 0.05) is 22.6 Å². The lowest BCUT2D eigenvalue weighted by Gasteiger charge is -2.31. The number of alkyl halides is 3. The fraction of sp³-hybridized carbons (Fsp3) is 0.250. The quantitative estimate of drug-likeness (QED) is 0.795. The van der Waals surface area contributed by atoms with E-state index in [1.54, 1.807) is 0 Å². The van der Waals surface area contributed by atoms with Crippen molar-refractivity contribution in [3.8, 4) is 0 Å². The van der Waals surface area contributed by atoms with Gasteiger partial charge >= 0.3 is 6.18 Å². The molecule has 2 aromatic carbocycles. The summed E-state index contributed by atoms with van der Waals surface area (Å²) >= 11 is 3.22.